The SMILES string of the molecule is COc1cc(SC)c(OC)cc1CN(C)CC=O. The Hall–Kier alpha value is -1.20. The van der Waals surface area contributed by atoms with Crippen molar-refractivity contribution in [3.05, 3.63) is 17.7 Å². The van der Waals surface area contributed by atoms with E-state index in [1.54, 1.807) is 26.0 Å². The lowest BCUT2D eigenvalue weighted by Crippen LogP contribution is -2.20. The lowest BCUT2D eigenvalue weighted by atomic mass is 10.1. The molecule has 0 aromatic heterocycles. The van der Waals surface area contributed by atoms with Crippen LogP contribution in [0.2, 0.25) is 0 Å². The zero-order valence-corrected chi connectivity index (χ0v) is 12.0. The molecule has 0 fully saturated rings. The molecule has 0 N–H and O–H groups in total. The highest BCUT2D eigenvalue weighted by atomic mass is 32.2. The number of rotatable bonds is 7. The van der Waals surface area contributed by atoms with E-state index < -0.39 is 0 Å². The van der Waals surface area contributed by atoms with Gasteiger partial charge in [0.2, 0.25) is 0 Å². The van der Waals surface area contributed by atoms with Gasteiger partial charge in [-0.3, -0.25) is 4.90 Å². The first-order chi connectivity index (χ1) is 8.65. The van der Waals surface area contributed by atoms with Crippen LogP contribution in [-0.4, -0.2) is 45.3 Å². The molecule has 0 aliphatic heterocycles. The zero-order valence-electron chi connectivity index (χ0n) is 11.2. The van der Waals surface area contributed by atoms with Gasteiger partial charge in [0.05, 0.1) is 25.7 Å². The van der Waals surface area contributed by atoms with Crippen molar-refractivity contribution in [1.82, 2.24) is 4.90 Å². The summed E-state index contributed by atoms with van der Waals surface area (Å²) in [7, 11) is 5.19. The molecule has 0 saturated heterocycles. The van der Waals surface area contributed by atoms with Crippen LogP contribution in [0.15, 0.2) is 17.0 Å². The number of methoxy groups -OCH3 is 2. The van der Waals surface area contributed by atoms with Crippen LogP contribution < -0.4 is 9.47 Å². The fourth-order valence-electron chi connectivity index (χ4n) is 1.70. The van der Waals surface area contributed by atoms with E-state index in [2.05, 4.69) is 0 Å². The molecule has 0 aliphatic carbocycles. The Balaban J connectivity index is 3.05. The first-order valence-corrected chi connectivity index (χ1v) is 6.79. The predicted molar refractivity (Wildman–Crippen MR) is 73.7 cm³/mol. The monoisotopic (exact) mass is 269 g/mol. The van der Waals surface area contributed by atoms with Gasteiger partial charge >= 0.3 is 0 Å². The lowest BCUT2D eigenvalue weighted by Gasteiger charge is -2.18. The van der Waals surface area contributed by atoms with Crippen LogP contribution in [0.1, 0.15) is 5.56 Å². The van der Waals surface area contributed by atoms with Crippen LogP contribution >= 0.6 is 11.8 Å². The molecule has 4 nitrogen and oxygen atoms in total. The van der Waals surface area contributed by atoms with Crippen LogP contribution in [-0.2, 0) is 11.3 Å². The third-order valence-corrected chi connectivity index (χ3v) is 3.37. The molecule has 0 aliphatic rings. The molecule has 1 aromatic carbocycles. The number of thioether (sulfide) groups is 1. The molecule has 0 heterocycles. The fourth-order valence-corrected chi connectivity index (χ4v) is 2.27. The number of likely N-dealkylation sites (N-methyl/N-ethyl adjacent to an activating group) is 1. The van der Waals surface area contributed by atoms with Crippen molar-refractivity contribution in [1.29, 1.82) is 0 Å². The second-order valence-electron chi connectivity index (χ2n) is 3.88. The minimum absolute atomic E-state index is 0.399. The summed E-state index contributed by atoms with van der Waals surface area (Å²) in [4.78, 5) is 13.4. The van der Waals surface area contributed by atoms with Crippen molar-refractivity contribution in [3.63, 3.8) is 0 Å². The summed E-state index contributed by atoms with van der Waals surface area (Å²) in [6.45, 7) is 1.04. The van der Waals surface area contributed by atoms with Gasteiger partial charge in [-0.15, -0.1) is 11.8 Å². The standard InChI is InChI=1S/C13H19NO3S/c1-14(5-6-15)9-10-7-12(17-3)13(18-4)8-11(10)16-2/h6-8H,5,9H2,1-4H3. The summed E-state index contributed by atoms with van der Waals surface area (Å²) in [5, 5.41) is 0. The van der Waals surface area contributed by atoms with Gasteiger partial charge in [0, 0.05) is 12.1 Å². The predicted octanol–water partition coefficient (Wildman–Crippen LogP) is 2.06. The average molecular weight is 269 g/mol. The number of ether oxygens (including phenoxy) is 2. The highest BCUT2D eigenvalue weighted by molar-refractivity contribution is 7.98. The van der Waals surface area contributed by atoms with Gasteiger partial charge in [0.15, 0.2) is 0 Å². The Kier molecular flexibility index (Phi) is 6.01. The highest BCUT2D eigenvalue weighted by Gasteiger charge is 2.12. The summed E-state index contributed by atoms with van der Waals surface area (Å²) < 4.78 is 10.7. The van der Waals surface area contributed by atoms with Crippen molar-refractivity contribution in [3.8, 4) is 11.5 Å². The van der Waals surface area contributed by atoms with E-state index in [1.807, 2.05) is 30.3 Å². The first kappa shape index (κ1) is 14.9. The summed E-state index contributed by atoms with van der Waals surface area (Å²) >= 11 is 1.61. The van der Waals surface area contributed by atoms with E-state index in [0.29, 0.717) is 13.1 Å². The zero-order chi connectivity index (χ0) is 13.5. The van der Waals surface area contributed by atoms with Crippen LogP contribution in [0.5, 0.6) is 11.5 Å². The quantitative estimate of drug-likeness (QED) is 0.559. The third-order valence-electron chi connectivity index (χ3n) is 2.61. The van der Waals surface area contributed by atoms with Crippen LogP contribution in [0.3, 0.4) is 0 Å². The molecule has 0 bridgehead atoms. The first-order valence-electron chi connectivity index (χ1n) is 5.57. The average Bonchev–Trinajstić information content (AvgIpc) is 2.38. The molecule has 0 spiro atoms. The van der Waals surface area contributed by atoms with Crippen molar-refractivity contribution in [2.75, 3.05) is 34.1 Å². The maximum absolute atomic E-state index is 10.5. The minimum Gasteiger partial charge on any atom is -0.496 e. The second-order valence-corrected chi connectivity index (χ2v) is 4.73. The van der Waals surface area contributed by atoms with E-state index in [0.717, 1.165) is 28.2 Å². The molecule has 0 unspecified atom stereocenters. The molecular weight excluding hydrogens is 250 g/mol. The van der Waals surface area contributed by atoms with Crippen LogP contribution in [0.4, 0.5) is 0 Å². The smallest absolute Gasteiger partial charge is 0.133 e. The Morgan fingerprint density at radius 1 is 1.28 bits per heavy atom. The van der Waals surface area contributed by atoms with E-state index in [-0.39, 0.29) is 0 Å². The number of nitrogens with zero attached hydrogens (tertiary/aromatic N) is 1. The topological polar surface area (TPSA) is 38.8 Å². The number of carbonyl (C=O) groups is 1. The van der Waals surface area contributed by atoms with Gasteiger partial charge < -0.3 is 14.3 Å². The minimum atomic E-state index is 0.399. The maximum Gasteiger partial charge on any atom is 0.133 e. The van der Waals surface area contributed by atoms with Gasteiger partial charge in [-0.25, -0.2) is 0 Å². The molecule has 0 atom stereocenters. The molecule has 0 saturated carbocycles. The van der Waals surface area contributed by atoms with E-state index in [4.69, 9.17) is 9.47 Å². The maximum atomic E-state index is 10.5. The Bertz CT molecular complexity index is 409. The molecule has 0 amide bonds. The highest BCUT2D eigenvalue weighted by Crippen LogP contribution is 2.34. The van der Waals surface area contributed by atoms with Gasteiger partial charge in [0.25, 0.3) is 0 Å². The summed E-state index contributed by atoms with van der Waals surface area (Å²) in [5.41, 5.74) is 1.01. The van der Waals surface area contributed by atoms with Gasteiger partial charge in [0.1, 0.15) is 17.8 Å². The number of aldehydes is 1. The lowest BCUT2D eigenvalue weighted by molar-refractivity contribution is -0.108. The second kappa shape index (κ2) is 7.28. The number of carbonyl (C=O) groups excluding carboxylic acids is 1. The molecule has 1 aromatic rings. The molecule has 5 heteroatoms. The van der Waals surface area contributed by atoms with E-state index >= 15 is 0 Å². The molecular formula is C13H19NO3S. The van der Waals surface area contributed by atoms with Crippen molar-refractivity contribution in [2.24, 2.45) is 0 Å². The molecule has 100 valence electrons. The summed E-state index contributed by atoms with van der Waals surface area (Å²) in [6.07, 6.45) is 2.88. The van der Waals surface area contributed by atoms with E-state index in [1.165, 1.54) is 0 Å². The Morgan fingerprint density at radius 2 is 1.94 bits per heavy atom. The summed E-state index contributed by atoms with van der Waals surface area (Å²) in [5.74, 6) is 1.65. The molecule has 0 radical (unpaired) electrons. The van der Waals surface area contributed by atoms with Crippen LogP contribution in [0.25, 0.3) is 0 Å². The van der Waals surface area contributed by atoms with Gasteiger partial charge in [-0.1, -0.05) is 0 Å². The van der Waals surface area contributed by atoms with Crippen LogP contribution in [0, 0.1) is 0 Å². The van der Waals surface area contributed by atoms with Gasteiger partial charge in [-0.2, -0.15) is 0 Å². The number of hydrogen-bond donors (Lipinski definition) is 0. The largest absolute Gasteiger partial charge is 0.496 e. The third kappa shape index (κ3) is 3.65. The molecule has 18 heavy (non-hydrogen) atoms. The summed E-state index contributed by atoms with van der Waals surface area (Å²) in [6, 6.07) is 3.93. The number of hydrogen-bond acceptors (Lipinski definition) is 5. The normalized spacial score (nSPS) is 10.5. The fraction of sp³-hybridized carbons (Fsp3) is 0.462. The molecule has 1 rings (SSSR count). The Labute approximate surface area is 112 Å². The number of benzene rings is 1. The van der Waals surface area contributed by atoms with Crippen molar-refractivity contribution in [2.45, 2.75) is 11.4 Å². The van der Waals surface area contributed by atoms with Gasteiger partial charge in [-0.05, 0) is 25.4 Å². The van der Waals surface area contributed by atoms with Crippen molar-refractivity contribution < 1.29 is 14.3 Å². The van der Waals surface area contributed by atoms with E-state index in [9.17, 15) is 4.79 Å². The Morgan fingerprint density at radius 3 is 2.44 bits per heavy atom. The van der Waals surface area contributed by atoms with Crippen molar-refractivity contribution >= 4 is 18.0 Å².